The van der Waals surface area contributed by atoms with Gasteiger partial charge in [0.1, 0.15) is 5.75 Å². The first-order valence-corrected chi connectivity index (χ1v) is 12.6. The number of ether oxygens (including phenoxy) is 1. The molecule has 0 saturated heterocycles. The van der Waals surface area contributed by atoms with Crippen LogP contribution in [0, 0.1) is 0 Å². The average molecular weight is 500 g/mol. The molecule has 1 aliphatic heterocycles. The number of nitrogens with one attached hydrogen (secondary N) is 2. The zero-order valence-electron chi connectivity index (χ0n) is 18.2. The lowest BCUT2D eigenvalue weighted by Gasteiger charge is -2.34. The van der Waals surface area contributed by atoms with Crippen molar-refractivity contribution in [3.8, 4) is 5.75 Å². The van der Waals surface area contributed by atoms with Crippen LogP contribution in [0.1, 0.15) is 15.9 Å². The van der Waals surface area contributed by atoms with Crippen LogP contribution in [-0.4, -0.2) is 39.1 Å². The van der Waals surface area contributed by atoms with Gasteiger partial charge in [0.2, 0.25) is 10.0 Å². The Labute approximate surface area is 202 Å². The van der Waals surface area contributed by atoms with Gasteiger partial charge in [0.05, 0.1) is 29.2 Å². The van der Waals surface area contributed by atoms with Crippen LogP contribution >= 0.6 is 11.6 Å². The molecular weight excluding hydrogens is 478 g/mol. The van der Waals surface area contributed by atoms with Crippen molar-refractivity contribution in [1.82, 2.24) is 5.32 Å². The van der Waals surface area contributed by atoms with E-state index in [0.717, 1.165) is 11.8 Å². The largest absolute Gasteiger partial charge is 0.477 e. The van der Waals surface area contributed by atoms with Crippen molar-refractivity contribution in [2.75, 3.05) is 22.4 Å². The van der Waals surface area contributed by atoms with Crippen molar-refractivity contribution in [1.29, 1.82) is 0 Å². The van der Waals surface area contributed by atoms with Gasteiger partial charge >= 0.3 is 0 Å². The summed E-state index contributed by atoms with van der Waals surface area (Å²) < 4.78 is 31.5. The molecule has 2 N–H and O–H groups in total. The third kappa shape index (κ3) is 5.49. The van der Waals surface area contributed by atoms with Crippen molar-refractivity contribution in [2.24, 2.45) is 0 Å². The van der Waals surface area contributed by atoms with Gasteiger partial charge in [-0.25, -0.2) is 8.42 Å². The predicted molar refractivity (Wildman–Crippen MR) is 131 cm³/mol. The number of carbonyl (C=O) groups excluding carboxylic acids is 2. The first kappa shape index (κ1) is 23.6. The number of carbonyl (C=O) groups is 2. The maximum absolute atomic E-state index is 13.5. The van der Waals surface area contributed by atoms with Gasteiger partial charge in [-0.1, -0.05) is 54.1 Å². The third-order valence-electron chi connectivity index (χ3n) is 5.13. The van der Waals surface area contributed by atoms with Crippen molar-refractivity contribution >= 4 is 44.8 Å². The molecule has 4 rings (SSSR count). The van der Waals surface area contributed by atoms with Crippen molar-refractivity contribution in [3.63, 3.8) is 0 Å². The number of benzene rings is 3. The van der Waals surface area contributed by atoms with Gasteiger partial charge in [-0.15, -0.1) is 0 Å². The Morgan fingerprint density at radius 3 is 2.50 bits per heavy atom. The normalized spacial score (nSPS) is 15.1. The summed E-state index contributed by atoms with van der Waals surface area (Å²) in [6, 6.07) is 20.7. The number of para-hydroxylation sites is 2. The summed E-state index contributed by atoms with van der Waals surface area (Å²) in [7, 11) is -3.60. The van der Waals surface area contributed by atoms with E-state index < -0.39 is 22.0 Å². The van der Waals surface area contributed by atoms with Gasteiger partial charge in [0, 0.05) is 12.1 Å². The monoisotopic (exact) mass is 499 g/mol. The topological polar surface area (TPSA) is 105 Å². The Balaban J connectivity index is 1.58. The van der Waals surface area contributed by atoms with E-state index in [4.69, 9.17) is 16.3 Å². The molecule has 2 amide bonds. The molecule has 0 saturated carbocycles. The summed E-state index contributed by atoms with van der Waals surface area (Å²) in [5.74, 6) is -0.387. The average Bonchev–Trinajstić information content (AvgIpc) is 2.82. The SMILES string of the molecule is CS(=O)(=O)Nc1cc(C(=O)N2C[C@H](C(=O)NCc3ccccc3)Oc3ccccc32)ccc1Cl. The van der Waals surface area contributed by atoms with Crippen LogP contribution in [0.25, 0.3) is 0 Å². The maximum atomic E-state index is 13.5. The zero-order valence-corrected chi connectivity index (χ0v) is 19.8. The van der Waals surface area contributed by atoms with Crippen LogP contribution < -0.4 is 19.7 Å². The highest BCUT2D eigenvalue weighted by molar-refractivity contribution is 7.92. The van der Waals surface area contributed by atoms with Crippen molar-refractivity contribution in [3.05, 3.63) is 88.9 Å². The van der Waals surface area contributed by atoms with Crippen LogP contribution in [0.5, 0.6) is 5.75 Å². The molecule has 0 spiro atoms. The molecule has 1 heterocycles. The molecule has 1 aliphatic rings. The number of nitrogens with zero attached hydrogens (tertiary/aromatic N) is 1. The van der Waals surface area contributed by atoms with Gasteiger partial charge in [0.25, 0.3) is 11.8 Å². The summed E-state index contributed by atoms with van der Waals surface area (Å²) in [4.78, 5) is 27.8. The van der Waals surface area contributed by atoms with E-state index in [9.17, 15) is 18.0 Å². The van der Waals surface area contributed by atoms with E-state index in [1.807, 2.05) is 30.3 Å². The molecule has 3 aromatic rings. The van der Waals surface area contributed by atoms with Crippen molar-refractivity contribution in [2.45, 2.75) is 12.6 Å². The van der Waals surface area contributed by atoms with E-state index >= 15 is 0 Å². The predicted octanol–water partition coefficient (Wildman–Crippen LogP) is 3.44. The molecule has 1 atom stereocenters. The second-order valence-electron chi connectivity index (χ2n) is 7.76. The molecule has 0 aliphatic carbocycles. The molecule has 0 radical (unpaired) electrons. The van der Waals surface area contributed by atoms with Crippen LogP contribution in [0.15, 0.2) is 72.8 Å². The Bertz CT molecular complexity index is 1330. The Hall–Kier alpha value is -3.56. The minimum Gasteiger partial charge on any atom is -0.477 e. The standard InChI is InChI=1S/C24H22ClN3O5S/c1-34(31,32)27-19-13-17(11-12-18(19)25)24(30)28-15-22(33-21-10-6-5-9-20(21)28)23(29)26-14-16-7-3-2-4-8-16/h2-13,22,27H,14-15H2,1H3,(H,26,29)/t22-/m1/s1. The first-order valence-electron chi connectivity index (χ1n) is 10.4. The molecule has 176 valence electrons. The van der Waals surface area contributed by atoms with Crippen LogP contribution in [-0.2, 0) is 21.4 Å². The molecule has 3 aromatic carbocycles. The fraction of sp³-hybridized carbons (Fsp3) is 0.167. The van der Waals surface area contributed by atoms with Crippen LogP contribution in [0.2, 0.25) is 5.02 Å². The fourth-order valence-electron chi connectivity index (χ4n) is 3.55. The third-order valence-corrected chi connectivity index (χ3v) is 6.05. The van der Waals surface area contributed by atoms with Gasteiger partial charge in [-0.2, -0.15) is 0 Å². The lowest BCUT2D eigenvalue weighted by Crippen LogP contribution is -2.50. The summed E-state index contributed by atoms with van der Waals surface area (Å²) in [6.45, 7) is 0.306. The highest BCUT2D eigenvalue weighted by atomic mass is 35.5. The number of fused-ring (bicyclic) bond motifs is 1. The summed E-state index contributed by atoms with van der Waals surface area (Å²) in [5.41, 5.74) is 1.74. The van der Waals surface area contributed by atoms with E-state index in [1.165, 1.54) is 23.1 Å². The summed E-state index contributed by atoms with van der Waals surface area (Å²) >= 11 is 6.10. The molecule has 8 nitrogen and oxygen atoms in total. The van der Waals surface area contributed by atoms with Crippen LogP contribution in [0.4, 0.5) is 11.4 Å². The Kier molecular flexibility index (Phi) is 6.76. The molecule has 10 heteroatoms. The molecule has 0 unspecified atom stereocenters. The lowest BCUT2D eigenvalue weighted by molar-refractivity contribution is -0.128. The molecule has 0 fully saturated rings. The molecular formula is C24H22ClN3O5S. The van der Waals surface area contributed by atoms with Gasteiger partial charge in [0.15, 0.2) is 6.10 Å². The molecule has 0 aromatic heterocycles. The Morgan fingerprint density at radius 2 is 1.76 bits per heavy atom. The molecule has 0 bridgehead atoms. The van der Waals surface area contributed by atoms with E-state index in [-0.39, 0.29) is 28.7 Å². The van der Waals surface area contributed by atoms with Gasteiger partial charge < -0.3 is 15.0 Å². The first-order chi connectivity index (χ1) is 16.2. The second-order valence-corrected chi connectivity index (χ2v) is 9.92. The highest BCUT2D eigenvalue weighted by Crippen LogP contribution is 2.35. The number of anilines is 2. The summed E-state index contributed by atoms with van der Waals surface area (Å²) in [5, 5.41) is 3.00. The lowest BCUT2D eigenvalue weighted by atomic mass is 10.1. The second kappa shape index (κ2) is 9.74. The van der Waals surface area contributed by atoms with Gasteiger partial charge in [-0.05, 0) is 35.9 Å². The van der Waals surface area contributed by atoms with Crippen LogP contribution in [0.3, 0.4) is 0 Å². The van der Waals surface area contributed by atoms with E-state index in [2.05, 4.69) is 10.0 Å². The number of rotatable bonds is 6. The molecule has 34 heavy (non-hydrogen) atoms. The quantitative estimate of drug-likeness (QED) is 0.540. The minimum absolute atomic E-state index is 0.0199. The summed E-state index contributed by atoms with van der Waals surface area (Å²) in [6.07, 6.45) is 0.0674. The van der Waals surface area contributed by atoms with E-state index in [0.29, 0.717) is 18.0 Å². The number of halogens is 1. The van der Waals surface area contributed by atoms with Crippen molar-refractivity contribution < 1.29 is 22.7 Å². The number of hydrogen-bond donors (Lipinski definition) is 2. The minimum atomic E-state index is -3.60. The van der Waals surface area contributed by atoms with E-state index in [1.54, 1.807) is 24.3 Å². The number of hydrogen-bond acceptors (Lipinski definition) is 5. The fourth-order valence-corrected chi connectivity index (χ4v) is 4.34. The van der Waals surface area contributed by atoms with Gasteiger partial charge in [-0.3, -0.25) is 14.3 Å². The highest BCUT2D eigenvalue weighted by Gasteiger charge is 2.34. The zero-order chi connectivity index (χ0) is 24.3. The number of sulfonamides is 1. The Morgan fingerprint density at radius 1 is 1.06 bits per heavy atom. The number of amides is 2. The maximum Gasteiger partial charge on any atom is 0.263 e. The smallest absolute Gasteiger partial charge is 0.263 e.